The molecule has 1 aliphatic heterocycles. The van der Waals surface area contributed by atoms with Gasteiger partial charge in [-0.2, -0.15) is 4.73 Å². The van der Waals surface area contributed by atoms with E-state index in [9.17, 15) is 15.3 Å². The van der Waals surface area contributed by atoms with E-state index in [0.29, 0.717) is 0 Å². The van der Waals surface area contributed by atoms with E-state index >= 15 is 0 Å². The van der Waals surface area contributed by atoms with Crippen LogP contribution in [0.4, 0.5) is 0 Å². The molecule has 5 atom stereocenters. The molecule has 3 rings (SSSR count). The van der Waals surface area contributed by atoms with Gasteiger partial charge in [0.05, 0.1) is 12.1 Å². The number of aromatic nitrogens is 1. The predicted octanol–water partition coefficient (Wildman–Crippen LogP) is -1.13. The first-order chi connectivity index (χ1) is 10.1. The van der Waals surface area contributed by atoms with E-state index in [0.717, 1.165) is 10.9 Å². The zero-order valence-electron chi connectivity index (χ0n) is 11.1. The Morgan fingerprint density at radius 3 is 2.62 bits per heavy atom. The first-order valence-electron chi connectivity index (χ1n) is 6.65. The third-order valence-corrected chi connectivity index (χ3v) is 3.64. The van der Waals surface area contributed by atoms with Crippen molar-refractivity contribution < 1.29 is 30.0 Å². The predicted molar refractivity (Wildman–Crippen MR) is 72.3 cm³/mol. The molecule has 0 saturated carbocycles. The molecule has 4 N–H and O–H groups in total. The maximum absolute atomic E-state index is 10.1. The fraction of sp³-hybridized carbons (Fsp3) is 0.429. The Hall–Kier alpha value is -1.64. The normalized spacial score (nSPS) is 33.2. The number of hydrogen-bond donors (Lipinski definition) is 4. The van der Waals surface area contributed by atoms with Gasteiger partial charge in [0.25, 0.3) is 0 Å². The number of hydrogen-bond acceptors (Lipinski definition) is 6. The molecule has 114 valence electrons. The quantitative estimate of drug-likeness (QED) is 0.571. The number of fused-ring (bicyclic) bond motifs is 1. The van der Waals surface area contributed by atoms with Crippen molar-refractivity contribution in [3.8, 4) is 0 Å². The standard InChI is InChI=1S/C14H17NO6/c16-7-10-11(17)13(12(18)14(19)20-10)21-15-6-5-8-3-1-2-4-9(8)15/h1-6,10-14,16-19H,7H2/t10-,11-,12-,13+,14-/m0/s1. The summed E-state index contributed by atoms with van der Waals surface area (Å²) in [5.74, 6) is 0. The van der Waals surface area contributed by atoms with Crippen molar-refractivity contribution in [2.24, 2.45) is 0 Å². The van der Waals surface area contributed by atoms with E-state index in [-0.39, 0.29) is 0 Å². The van der Waals surface area contributed by atoms with E-state index in [1.54, 1.807) is 6.20 Å². The van der Waals surface area contributed by atoms with Crippen molar-refractivity contribution in [3.63, 3.8) is 0 Å². The highest BCUT2D eigenvalue weighted by Gasteiger charge is 2.45. The van der Waals surface area contributed by atoms with Crippen molar-refractivity contribution in [1.29, 1.82) is 0 Å². The minimum atomic E-state index is -1.53. The lowest BCUT2D eigenvalue weighted by Crippen LogP contribution is -2.61. The van der Waals surface area contributed by atoms with Crippen LogP contribution in [0.5, 0.6) is 0 Å². The second-order valence-corrected chi connectivity index (χ2v) is 5.00. The van der Waals surface area contributed by atoms with Gasteiger partial charge in [-0.3, -0.25) is 0 Å². The molecule has 21 heavy (non-hydrogen) atoms. The first-order valence-corrected chi connectivity index (χ1v) is 6.65. The number of aliphatic hydroxyl groups is 4. The Morgan fingerprint density at radius 2 is 1.86 bits per heavy atom. The fourth-order valence-electron chi connectivity index (χ4n) is 2.47. The molecule has 2 aromatic rings. The topological polar surface area (TPSA) is 104 Å². The molecule has 0 aliphatic carbocycles. The molecular formula is C14H17NO6. The SMILES string of the molecule is OC[C@@H]1O[C@H](O)[C@@H](O)[C@H](On2ccc3ccccc32)[C@H]1O. The van der Waals surface area contributed by atoms with E-state index in [1.807, 2.05) is 30.3 Å². The summed E-state index contributed by atoms with van der Waals surface area (Å²) in [5, 5.41) is 39.7. The zero-order valence-corrected chi connectivity index (χ0v) is 11.1. The third kappa shape index (κ3) is 2.50. The molecule has 0 spiro atoms. The van der Waals surface area contributed by atoms with Crippen molar-refractivity contribution in [2.45, 2.75) is 30.7 Å². The maximum atomic E-state index is 10.1. The van der Waals surface area contributed by atoms with Crippen molar-refractivity contribution in [3.05, 3.63) is 36.5 Å². The number of para-hydroxylation sites is 1. The van der Waals surface area contributed by atoms with Crippen molar-refractivity contribution in [1.82, 2.24) is 4.73 Å². The number of aliphatic hydroxyl groups excluding tert-OH is 4. The minimum Gasteiger partial charge on any atom is -0.405 e. The van der Waals surface area contributed by atoms with Crippen molar-refractivity contribution >= 4 is 10.9 Å². The molecule has 1 aromatic carbocycles. The Balaban J connectivity index is 1.88. The Kier molecular flexibility index (Phi) is 3.83. The van der Waals surface area contributed by atoms with E-state index in [1.165, 1.54) is 4.73 Å². The monoisotopic (exact) mass is 295 g/mol. The van der Waals surface area contributed by atoms with Gasteiger partial charge in [0, 0.05) is 11.6 Å². The van der Waals surface area contributed by atoms with Gasteiger partial charge in [0.1, 0.15) is 18.3 Å². The molecule has 7 heteroatoms. The molecular weight excluding hydrogens is 278 g/mol. The van der Waals surface area contributed by atoms with Gasteiger partial charge in [-0.05, 0) is 12.1 Å². The number of ether oxygens (including phenoxy) is 1. The molecule has 2 heterocycles. The van der Waals surface area contributed by atoms with Crippen LogP contribution in [0.15, 0.2) is 36.5 Å². The highest BCUT2D eigenvalue weighted by Crippen LogP contribution is 2.22. The van der Waals surface area contributed by atoms with Gasteiger partial charge in [0.15, 0.2) is 12.4 Å². The summed E-state index contributed by atoms with van der Waals surface area (Å²) in [6.07, 6.45) is -4.72. The maximum Gasteiger partial charge on any atom is 0.185 e. The Morgan fingerprint density at radius 1 is 1.10 bits per heavy atom. The molecule has 0 unspecified atom stereocenters. The first kappa shape index (κ1) is 14.3. The molecule has 0 bridgehead atoms. The minimum absolute atomic E-state index is 0.489. The molecule has 0 radical (unpaired) electrons. The zero-order chi connectivity index (χ0) is 15.0. The van der Waals surface area contributed by atoms with Crippen LogP contribution in [0, 0.1) is 0 Å². The van der Waals surface area contributed by atoms with E-state index < -0.39 is 37.3 Å². The number of nitrogens with zero attached hydrogens (tertiary/aromatic N) is 1. The van der Waals surface area contributed by atoms with Crippen LogP contribution in [0.25, 0.3) is 10.9 Å². The number of benzene rings is 1. The molecule has 1 aromatic heterocycles. The summed E-state index contributed by atoms with van der Waals surface area (Å²) in [7, 11) is 0. The summed E-state index contributed by atoms with van der Waals surface area (Å²) in [4.78, 5) is 5.60. The summed E-state index contributed by atoms with van der Waals surface area (Å²) in [6.45, 7) is -0.489. The lowest BCUT2D eigenvalue weighted by molar-refractivity contribution is -0.293. The van der Waals surface area contributed by atoms with Crippen LogP contribution in [0.1, 0.15) is 0 Å². The molecule has 1 aliphatic rings. The average molecular weight is 295 g/mol. The van der Waals surface area contributed by atoms with Gasteiger partial charge in [-0.1, -0.05) is 18.2 Å². The molecule has 1 fully saturated rings. The summed E-state index contributed by atoms with van der Waals surface area (Å²) in [5.41, 5.74) is 0.762. The van der Waals surface area contributed by atoms with Crippen LogP contribution < -0.4 is 4.84 Å². The van der Waals surface area contributed by atoms with Crippen molar-refractivity contribution in [2.75, 3.05) is 6.61 Å². The highest BCUT2D eigenvalue weighted by molar-refractivity contribution is 5.79. The Bertz CT molecular complexity index is 614. The third-order valence-electron chi connectivity index (χ3n) is 3.64. The van der Waals surface area contributed by atoms with Gasteiger partial charge in [0.2, 0.25) is 0 Å². The van der Waals surface area contributed by atoms with Crippen LogP contribution >= 0.6 is 0 Å². The smallest absolute Gasteiger partial charge is 0.185 e. The fourth-order valence-corrected chi connectivity index (χ4v) is 2.47. The van der Waals surface area contributed by atoms with Crippen LogP contribution in [-0.4, -0.2) is 62.5 Å². The lowest BCUT2D eigenvalue weighted by atomic mass is 9.99. The van der Waals surface area contributed by atoms with Crippen LogP contribution in [0.3, 0.4) is 0 Å². The second-order valence-electron chi connectivity index (χ2n) is 5.00. The van der Waals surface area contributed by atoms with Gasteiger partial charge >= 0.3 is 0 Å². The average Bonchev–Trinajstić information content (AvgIpc) is 2.90. The summed E-state index contributed by atoms with van der Waals surface area (Å²) in [6, 6.07) is 9.28. The highest BCUT2D eigenvalue weighted by atomic mass is 16.7. The van der Waals surface area contributed by atoms with Gasteiger partial charge in [-0.15, -0.1) is 0 Å². The summed E-state index contributed by atoms with van der Waals surface area (Å²) >= 11 is 0. The molecule has 1 saturated heterocycles. The largest absolute Gasteiger partial charge is 0.405 e. The lowest BCUT2D eigenvalue weighted by Gasteiger charge is -2.39. The van der Waals surface area contributed by atoms with E-state index in [2.05, 4.69) is 0 Å². The van der Waals surface area contributed by atoms with E-state index in [4.69, 9.17) is 14.7 Å². The molecule has 0 amide bonds. The molecule has 7 nitrogen and oxygen atoms in total. The Labute approximate surface area is 120 Å². The van der Waals surface area contributed by atoms with Crippen LogP contribution in [-0.2, 0) is 4.74 Å². The van der Waals surface area contributed by atoms with Gasteiger partial charge in [-0.25, -0.2) is 0 Å². The van der Waals surface area contributed by atoms with Gasteiger partial charge < -0.3 is 30.0 Å². The summed E-state index contributed by atoms with van der Waals surface area (Å²) < 4.78 is 6.33. The number of rotatable bonds is 3. The second kappa shape index (κ2) is 5.63. The van der Waals surface area contributed by atoms with Crippen LogP contribution in [0.2, 0.25) is 0 Å².